The van der Waals surface area contributed by atoms with Gasteiger partial charge in [-0.15, -0.1) is 0 Å². The molecule has 29 heavy (non-hydrogen) atoms. The van der Waals surface area contributed by atoms with Crippen molar-refractivity contribution in [2.24, 2.45) is 0 Å². The van der Waals surface area contributed by atoms with Gasteiger partial charge >= 0.3 is 0 Å². The highest BCUT2D eigenvalue weighted by molar-refractivity contribution is 7.99. The van der Waals surface area contributed by atoms with E-state index in [-0.39, 0.29) is 21.4 Å². The maximum Gasteiger partial charge on any atom is 0.263 e. The van der Waals surface area contributed by atoms with Crippen molar-refractivity contribution in [3.63, 3.8) is 0 Å². The molecule has 8 heteroatoms. The largest absolute Gasteiger partial charge is 0.351 e. The van der Waals surface area contributed by atoms with E-state index in [1.54, 1.807) is 30.3 Å². The Balaban J connectivity index is 1.60. The molecule has 0 spiro atoms. The quantitative estimate of drug-likeness (QED) is 0.556. The third-order valence-electron chi connectivity index (χ3n) is 4.80. The molecule has 0 bridgehead atoms. The number of amides is 1. The van der Waals surface area contributed by atoms with Crippen LogP contribution in [0.25, 0.3) is 0 Å². The van der Waals surface area contributed by atoms with Crippen LogP contribution in [0.4, 0.5) is 5.69 Å². The average molecular weight is 453 g/mol. The number of carbonyl (C=O) groups is 1. The minimum Gasteiger partial charge on any atom is -0.351 e. The molecule has 2 aromatic carbocycles. The van der Waals surface area contributed by atoms with E-state index in [9.17, 15) is 13.2 Å². The Morgan fingerprint density at radius 2 is 1.79 bits per heavy atom. The van der Waals surface area contributed by atoms with E-state index in [1.807, 2.05) is 11.8 Å². The summed E-state index contributed by atoms with van der Waals surface area (Å²) < 4.78 is 27.9. The molecular formula is C21H25ClN2O3S2. The van der Waals surface area contributed by atoms with Gasteiger partial charge in [0.25, 0.3) is 15.9 Å². The van der Waals surface area contributed by atoms with Crippen LogP contribution >= 0.6 is 23.4 Å². The van der Waals surface area contributed by atoms with Gasteiger partial charge in [0, 0.05) is 28.8 Å². The fourth-order valence-electron chi connectivity index (χ4n) is 3.29. The summed E-state index contributed by atoms with van der Waals surface area (Å²) in [6.45, 7) is 0.549. The molecule has 0 heterocycles. The predicted octanol–water partition coefficient (Wildman–Crippen LogP) is 4.94. The van der Waals surface area contributed by atoms with Crippen LogP contribution in [0.2, 0.25) is 5.02 Å². The zero-order valence-corrected chi connectivity index (χ0v) is 18.5. The molecule has 3 rings (SSSR count). The van der Waals surface area contributed by atoms with Crippen LogP contribution in [0.15, 0.2) is 53.4 Å². The van der Waals surface area contributed by atoms with Gasteiger partial charge in [-0.1, -0.05) is 49.1 Å². The van der Waals surface area contributed by atoms with E-state index in [0.717, 1.165) is 5.75 Å². The molecule has 0 unspecified atom stereocenters. The molecule has 0 aromatic heterocycles. The topological polar surface area (TPSA) is 75.3 Å². The van der Waals surface area contributed by atoms with Crippen LogP contribution in [0.3, 0.4) is 0 Å². The van der Waals surface area contributed by atoms with Crippen LogP contribution < -0.4 is 10.0 Å². The first-order chi connectivity index (χ1) is 14.0. The molecule has 1 saturated carbocycles. The van der Waals surface area contributed by atoms with Gasteiger partial charge in [0.2, 0.25) is 0 Å². The van der Waals surface area contributed by atoms with Crippen molar-refractivity contribution in [1.29, 1.82) is 0 Å². The molecule has 2 aromatic rings. The van der Waals surface area contributed by atoms with Crippen molar-refractivity contribution < 1.29 is 13.2 Å². The molecule has 1 aliphatic rings. The number of carbonyl (C=O) groups excluding carboxylic acids is 1. The zero-order valence-electron chi connectivity index (χ0n) is 16.1. The molecule has 156 valence electrons. The predicted molar refractivity (Wildman–Crippen MR) is 120 cm³/mol. The van der Waals surface area contributed by atoms with Gasteiger partial charge in [-0.05, 0) is 43.2 Å². The van der Waals surface area contributed by atoms with Crippen LogP contribution in [0.5, 0.6) is 0 Å². The van der Waals surface area contributed by atoms with Gasteiger partial charge in [-0.3, -0.25) is 9.52 Å². The fourth-order valence-corrected chi connectivity index (χ4v) is 6.10. The van der Waals surface area contributed by atoms with E-state index in [4.69, 9.17) is 11.6 Å². The monoisotopic (exact) mass is 452 g/mol. The second kappa shape index (κ2) is 10.4. The molecule has 0 saturated heterocycles. The minimum absolute atomic E-state index is 0.0674. The van der Waals surface area contributed by atoms with Crippen LogP contribution in [-0.4, -0.2) is 31.9 Å². The summed E-state index contributed by atoms with van der Waals surface area (Å²) in [5, 5.41) is 3.63. The number of sulfonamides is 1. The number of rotatable bonds is 8. The number of halogens is 1. The summed E-state index contributed by atoms with van der Waals surface area (Å²) in [7, 11) is -3.91. The first-order valence-electron chi connectivity index (χ1n) is 9.73. The van der Waals surface area contributed by atoms with E-state index in [1.165, 1.54) is 50.3 Å². The first-order valence-corrected chi connectivity index (χ1v) is 12.6. The Bertz CT molecular complexity index is 930. The Morgan fingerprint density at radius 3 is 2.52 bits per heavy atom. The van der Waals surface area contributed by atoms with Gasteiger partial charge in [-0.2, -0.15) is 11.8 Å². The summed E-state index contributed by atoms with van der Waals surface area (Å²) in [5.41, 5.74) is 0.698. The summed E-state index contributed by atoms with van der Waals surface area (Å²) >= 11 is 8.01. The van der Waals surface area contributed by atoms with Crippen LogP contribution in [0.1, 0.15) is 42.5 Å². The van der Waals surface area contributed by atoms with Crippen molar-refractivity contribution in [3.8, 4) is 0 Å². The van der Waals surface area contributed by atoms with E-state index < -0.39 is 10.0 Å². The normalized spacial score (nSPS) is 15.1. The summed E-state index contributed by atoms with van der Waals surface area (Å²) in [6, 6.07) is 12.8. The van der Waals surface area contributed by atoms with Crippen molar-refractivity contribution >= 4 is 45.0 Å². The van der Waals surface area contributed by atoms with Crippen molar-refractivity contribution in [2.75, 3.05) is 17.0 Å². The Kier molecular flexibility index (Phi) is 7.86. The third kappa shape index (κ3) is 6.39. The lowest BCUT2D eigenvalue weighted by Crippen LogP contribution is -2.27. The lowest BCUT2D eigenvalue weighted by Gasteiger charge is -2.20. The van der Waals surface area contributed by atoms with Gasteiger partial charge < -0.3 is 5.32 Å². The molecule has 1 amide bonds. The molecule has 0 aliphatic heterocycles. The standard InChI is InChI=1S/C21H25ClN2O3S2/c22-19-12-11-16(21(25)23-13-14-28-18-9-5-2-6-10-18)15-20(19)29(26,27)24-17-7-3-1-4-8-17/h1,3-4,7-8,11-12,15,18,24H,2,5-6,9-10,13-14H2,(H,23,25). The minimum atomic E-state index is -3.91. The van der Waals surface area contributed by atoms with E-state index in [2.05, 4.69) is 10.0 Å². The molecule has 0 atom stereocenters. The maximum absolute atomic E-state index is 12.7. The highest BCUT2D eigenvalue weighted by Crippen LogP contribution is 2.28. The van der Waals surface area contributed by atoms with Crippen LogP contribution in [-0.2, 0) is 10.0 Å². The second-order valence-corrected chi connectivity index (χ2v) is 10.5. The highest BCUT2D eigenvalue weighted by atomic mass is 35.5. The number of benzene rings is 2. The number of anilines is 1. The molecule has 1 aliphatic carbocycles. The summed E-state index contributed by atoms with van der Waals surface area (Å²) in [4.78, 5) is 12.3. The maximum atomic E-state index is 12.7. The molecule has 5 nitrogen and oxygen atoms in total. The van der Waals surface area contributed by atoms with Gasteiger partial charge in [-0.25, -0.2) is 8.42 Å². The SMILES string of the molecule is O=C(NCCSC1CCCCC1)c1ccc(Cl)c(S(=O)(=O)Nc2ccccc2)c1. The van der Waals surface area contributed by atoms with Crippen LogP contribution in [0, 0.1) is 0 Å². The molecule has 0 radical (unpaired) electrons. The fraction of sp³-hybridized carbons (Fsp3) is 0.381. The smallest absolute Gasteiger partial charge is 0.263 e. The molecule has 2 N–H and O–H groups in total. The number of para-hydroxylation sites is 1. The molecule has 1 fully saturated rings. The summed E-state index contributed by atoms with van der Waals surface area (Å²) in [6.07, 6.45) is 6.43. The van der Waals surface area contributed by atoms with Crippen molar-refractivity contribution in [1.82, 2.24) is 5.32 Å². The number of hydrogen-bond acceptors (Lipinski definition) is 4. The van der Waals surface area contributed by atoms with Gasteiger partial charge in [0.05, 0.1) is 5.02 Å². The Labute approximate surface area is 181 Å². The average Bonchev–Trinajstić information content (AvgIpc) is 2.72. The van der Waals surface area contributed by atoms with Crippen molar-refractivity contribution in [3.05, 3.63) is 59.1 Å². The number of thioether (sulfide) groups is 1. The number of nitrogens with one attached hydrogen (secondary N) is 2. The highest BCUT2D eigenvalue weighted by Gasteiger charge is 2.20. The van der Waals surface area contributed by atoms with E-state index in [0.29, 0.717) is 17.5 Å². The van der Waals surface area contributed by atoms with Gasteiger partial charge in [0.15, 0.2) is 0 Å². The lowest BCUT2D eigenvalue weighted by molar-refractivity contribution is 0.0956. The second-order valence-electron chi connectivity index (χ2n) is 7.00. The zero-order chi connectivity index (χ0) is 20.7. The summed E-state index contributed by atoms with van der Waals surface area (Å²) in [5.74, 6) is 0.548. The first kappa shape index (κ1) is 22.0. The van der Waals surface area contributed by atoms with E-state index >= 15 is 0 Å². The molecular weight excluding hydrogens is 428 g/mol. The Hall–Kier alpha value is -1.70. The van der Waals surface area contributed by atoms with Crippen molar-refractivity contribution in [2.45, 2.75) is 42.2 Å². The Morgan fingerprint density at radius 1 is 1.07 bits per heavy atom. The third-order valence-corrected chi connectivity index (χ3v) is 8.05. The number of hydrogen-bond donors (Lipinski definition) is 2. The lowest BCUT2D eigenvalue weighted by atomic mass is 10.0. The van der Waals surface area contributed by atoms with Gasteiger partial charge in [0.1, 0.15) is 4.90 Å².